The molecular formula is C19H18ClN3O2S. The molecule has 0 spiro atoms. The predicted octanol–water partition coefficient (Wildman–Crippen LogP) is 4.50. The van der Waals surface area contributed by atoms with Crippen LogP contribution in [0.25, 0.3) is 10.2 Å². The lowest BCUT2D eigenvalue weighted by atomic mass is 9.97. The van der Waals surface area contributed by atoms with E-state index < -0.39 is 0 Å². The van der Waals surface area contributed by atoms with E-state index in [1.807, 2.05) is 23.1 Å². The van der Waals surface area contributed by atoms with Crippen molar-refractivity contribution in [3.8, 4) is 0 Å². The number of aromatic nitrogens is 2. The number of benzene rings is 1. The Kier molecular flexibility index (Phi) is 4.54. The molecule has 4 rings (SSSR count). The first kappa shape index (κ1) is 17.2. The Balaban J connectivity index is 1.44. The van der Waals surface area contributed by atoms with E-state index in [0.29, 0.717) is 35.3 Å². The van der Waals surface area contributed by atoms with Crippen molar-refractivity contribution in [2.75, 3.05) is 13.1 Å². The topological polar surface area (TPSA) is 66.1 Å². The highest BCUT2D eigenvalue weighted by Crippen LogP contribution is 2.34. The first-order valence-electron chi connectivity index (χ1n) is 8.56. The van der Waals surface area contributed by atoms with Gasteiger partial charge in [0.25, 0.3) is 5.91 Å². The number of hydrogen-bond acceptors (Lipinski definition) is 4. The molecule has 3 heterocycles. The number of H-pyrrole nitrogens is 1. The summed E-state index contributed by atoms with van der Waals surface area (Å²) < 4.78 is 1.14. The van der Waals surface area contributed by atoms with E-state index in [-0.39, 0.29) is 11.7 Å². The molecular weight excluding hydrogens is 370 g/mol. The Morgan fingerprint density at radius 1 is 1.27 bits per heavy atom. The molecule has 3 aromatic rings. The van der Waals surface area contributed by atoms with Gasteiger partial charge in [-0.1, -0.05) is 11.6 Å². The van der Waals surface area contributed by atoms with Crippen LogP contribution in [0.2, 0.25) is 5.02 Å². The molecule has 134 valence electrons. The number of nitrogens with zero attached hydrogens (tertiary/aromatic N) is 2. The van der Waals surface area contributed by atoms with Crippen molar-refractivity contribution in [1.82, 2.24) is 14.9 Å². The molecule has 0 radical (unpaired) electrons. The Hall–Kier alpha value is -2.18. The molecule has 1 amide bonds. The number of Topliss-reactive ketones (excluding diaryl/α,β-unsaturated/α-hetero) is 1. The lowest BCUT2D eigenvalue weighted by molar-refractivity contribution is 0.0707. The van der Waals surface area contributed by atoms with E-state index in [4.69, 9.17) is 16.6 Å². The standard InChI is InChI=1S/C19H18ClN3O2S/c1-11(24)13-8-16(21-10-13)19(25)23-6-4-12(5-7-23)18-22-15-9-14(20)2-3-17(15)26-18/h2-3,8-10,12,21H,4-7H2,1H3. The highest BCUT2D eigenvalue weighted by atomic mass is 35.5. The van der Waals surface area contributed by atoms with Crippen LogP contribution in [0, 0.1) is 0 Å². The largest absolute Gasteiger partial charge is 0.356 e. The number of ketones is 1. The molecule has 0 atom stereocenters. The number of carbonyl (C=O) groups excluding carboxylic acids is 2. The fraction of sp³-hybridized carbons (Fsp3) is 0.316. The third-order valence-corrected chi connectivity index (χ3v) is 6.25. The highest BCUT2D eigenvalue weighted by molar-refractivity contribution is 7.18. The van der Waals surface area contributed by atoms with Gasteiger partial charge in [-0.25, -0.2) is 4.98 Å². The second kappa shape index (κ2) is 6.85. The molecule has 1 aliphatic rings. The number of thiazole rings is 1. The van der Waals surface area contributed by atoms with Gasteiger partial charge in [0.15, 0.2) is 5.78 Å². The number of aromatic amines is 1. The van der Waals surface area contributed by atoms with Crippen molar-refractivity contribution in [3.63, 3.8) is 0 Å². The van der Waals surface area contributed by atoms with Gasteiger partial charge in [0.1, 0.15) is 5.69 Å². The third kappa shape index (κ3) is 3.27. The third-order valence-electron chi connectivity index (χ3n) is 4.82. The van der Waals surface area contributed by atoms with E-state index in [1.54, 1.807) is 23.6 Å². The average molecular weight is 388 g/mol. The van der Waals surface area contributed by atoms with Crippen LogP contribution in [0.4, 0.5) is 0 Å². The van der Waals surface area contributed by atoms with Crippen LogP contribution in [-0.2, 0) is 0 Å². The zero-order chi connectivity index (χ0) is 18.3. The molecule has 1 N–H and O–H groups in total. The van der Waals surface area contributed by atoms with E-state index in [0.717, 1.165) is 28.1 Å². The highest BCUT2D eigenvalue weighted by Gasteiger charge is 2.27. The van der Waals surface area contributed by atoms with Gasteiger partial charge in [0.2, 0.25) is 0 Å². The SMILES string of the molecule is CC(=O)c1c[nH]c(C(=O)N2CCC(c3nc4cc(Cl)ccc4s3)CC2)c1. The Bertz CT molecular complexity index is 986. The minimum atomic E-state index is -0.0490. The maximum absolute atomic E-state index is 12.6. The van der Waals surface area contributed by atoms with Gasteiger partial charge < -0.3 is 9.88 Å². The number of likely N-dealkylation sites (tertiary alicyclic amines) is 1. The maximum Gasteiger partial charge on any atom is 0.270 e. The summed E-state index contributed by atoms with van der Waals surface area (Å²) in [5, 5.41) is 1.82. The van der Waals surface area contributed by atoms with E-state index in [2.05, 4.69) is 4.98 Å². The number of fused-ring (bicyclic) bond motifs is 1. The van der Waals surface area contributed by atoms with Crippen LogP contribution in [0.5, 0.6) is 0 Å². The van der Waals surface area contributed by atoms with E-state index in [1.165, 1.54) is 6.92 Å². The summed E-state index contributed by atoms with van der Waals surface area (Å²) in [7, 11) is 0. The lowest BCUT2D eigenvalue weighted by Gasteiger charge is -2.30. The zero-order valence-corrected chi connectivity index (χ0v) is 15.9. The van der Waals surface area contributed by atoms with Crippen molar-refractivity contribution in [3.05, 3.63) is 51.7 Å². The second-order valence-corrected chi connectivity index (χ2v) is 8.09. The number of hydrogen-bond donors (Lipinski definition) is 1. The van der Waals surface area contributed by atoms with Gasteiger partial charge in [-0.05, 0) is 44.0 Å². The van der Waals surface area contributed by atoms with Crippen molar-refractivity contribution in [1.29, 1.82) is 0 Å². The van der Waals surface area contributed by atoms with Gasteiger partial charge in [-0.15, -0.1) is 11.3 Å². The first-order valence-corrected chi connectivity index (χ1v) is 9.75. The fourth-order valence-electron chi connectivity index (χ4n) is 3.31. The number of carbonyl (C=O) groups is 2. The van der Waals surface area contributed by atoms with E-state index in [9.17, 15) is 9.59 Å². The van der Waals surface area contributed by atoms with Crippen molar-refractivity contribution in [2.24, 2.45) is 0 Å². The summed E-state index contributed by atoms with van der Waals surface area (Å²) in [6.07, 6.45) is 3.37. The van der Waals surface area contributed by atoms with Crippen molar-refractivity contribution in [2.45, 2.75) is 25.7 Å². The summed E-state index contributed by atoms with van der Waals surface area (Å²) in [4.78, 5) is 33.5. The molecule has 7 heteroatoms. The Morgan fingerprint density at radius 2 is 2.04 bits per heavy atom. The Morgan fingerprint density at radius 3 is 2.73 bits per heavy atom. The summed E-state index contributed by atoms with van der Waals surface area (Å²) in [5.41, 5.74) is 1.96. The smallest absolute Gasteiger partial charge is 0.270 e. The molecule has 5 nitrogen and oxygen atoms in total. The zero-order valence-electron chi connectivity index (χ0n) is 14.3. The molecule has 26 heavy (non-hydrogen) atoms. The molecule has 1 fully saturated rings. The van der Waals surface area contributed by atoms with Crippen LogP contribution in [0.3, 0.4) is 0 Å². The quantitative estimate of drug-likeness (QED) is 0.673. The fourth-order valence-corrected chi connectivity index (χ4v) is 4.60. The number of nitrogens with one attached hydrogen (secondary N) is 1. The van der Waals surface area contributed by atoms with Crippen molar-refractivity contribution >= 4 is 44.8 Å². The monoisotopic (exact) mass is 387 g/mol. The molecule has 0 unspecified atom stereocenters. The molecule has 0 saturated carbocycles. The molecule has 0 aliphatic carbocycles. The van der Waals surface area contributed by atoms with Gasteiger partial charge in [0, 0.05) is 35.8 Å². The number of piperidine rings is 1. The average Bonchev–Trinajstić information content (AvgIpc) is 3.28. The van der Waals surface area contributed by atoms with Gasteiger partial charge in [0.05, 0.1) is 15.2 Å². The minimum absolute atomic E-state index is 0.0463. The van der Waals surface area contributed by atoms with Crippen LogP contribution in [0.1, 0.15) is 51.5 Å². The van der Waals surface area contributed by atoms with Crippen molar-refractivity contribution < 1.29 is 9.59 Å². The second-order valence-electron chi connectivity index (χ2n) is 6.59. The predicted molar refractivity (Wildman–Crippen MR) is 103 cm³/mol. The van der Waals surface area contributed by atoms with Gasteiger partial charge in [-0.2, -0.15) is 0 Å². The number of amides is 1. The summed E-state index contributed by atoms with van der Waals surface area (Å²) in [5.74, 6) is 0.272. The first-order chi connectivity index (χ1) is 12.5. The summed E-state index contributed by atoms with van der Waals surface area (Å²) in [6.45, 7) is 2.87. The molecule has 2 aromatic heterocycles. The van der Waals surface area contributed by atoms with Gasteiger partial charge in [-0.3, -0.25) is 9.59 Å². The normalized spacial score (nSPS) is 15.5. The molecule has 0 bridgehead atoms. The number of halogens is 1. The Labute approximate surface area is 160 Å². The van der Waals surface area contributed by atoms with Crippen LogP contribution < -0.4 is 0 Å². The van der Waals surface area contributed by atoms with Crippen LogP contribution >= 0.6 is 22.9 Å². The molecule has 1 saturated heterocycles. The van der Waals surface area contributed by atoms with Gasteiger partial charge >= 0.3 is 0 Å². The van der Waals surface area contributed by atoms with Crippen LogP contribution in [0.15, 0.2) is 30.5 Å². The summed E-state index contributed by atoms with van der Waals surface area (Å²) >= 11 is 7.75. The number of rotatable bonds is 3. The maximum atomic E-state index is 12.6. The minimum Gasteiger partial charge on any atom is -0.356 e. The van der Waals surface area contributed by atoms with E-state index >= 15 is 0 Å². The molecule has 1 aliphatic heterocycles. The summed E-state index contributed by atoms with van der Waals surface area (Å²) in [6, 6.07) is 7.43. The van der Waals surface area contributed by atoms with Crippen LogP contribution in [-0.4, -0.2) is 39.6 Å². The molecule has 1 aromatic carbocycles. The lowest BCUT2D eigenvalue weighted by Crippen LogP contribution is -2.38.